The third-order valence-electron chi connectivity index (χ3n) is 3.16. The standard InChI is InChI=1S/C13H25N5S/c1-8(2)10(7-17(4)5)15-13-11(12(14)19)9(3)16-18(13)6/h8,10,15H,7H2,1-6H3,(H2,14,19). The molecular formula is C13H25N5S. The number of nitrogens with one attached hydrogen (secondary N) is 1. The van der Waals surface area contributed by atoms with Gasteiger partial charge in [0, 0.05) is 19.6 Å². The average molecular weight is 283 g/mol. The minimum absolute atomic E-state index is 0.317. The minimum atomic E-state index is 0.317. The van der Waals surface area contributed by atoms with Crippen molar-refractivity contribution in [3.05, 3.63) is 11.3 Å². The molecule has 108 valence electrons. The number of aryl methyl sites for hydroxylation is 2. The van der Waals surface area contributed by atoms with Crippen LogP contribution in [0.15, 0.2) is 0 Å². The summed E-state index contributed by atoms with van der Waals surface area (Å²) in [6.07, 6.45) is 0. The molecule has 6 heteroatoms. The summed E-state index contributed by atoms with van der Waals surface area (Å²) in [5, 5.41) is 7.94. The lowest BCUT2D eigenvalue weighted by Crippen LogP contribution is -2.37. The van der Waals surface area contributed by atoms with Crippen molar-refractivity contribution in [2.45, 2.75) is 26.8 Å². The second-order valence-corrected chi connectivity index (χ2v) is 5.99. The van der Waals surface area contributed by atoms with Crippen molar-refractivity contribution in [3.63, 3.8) is 0 Å². The maximum absolute atomic E-state index is 5.81. The first-order chi connectivity index (χ1) is 8.73. The maximum Gasteiger partial charge on any atom is 0.134 e. The summed E-state index contributed by atoms with van der Waals surface area (Å²) in [6.45, 7) is 7.27. The Balaban J connectivity index is 3.05. The van der Waals surface area contributed by atoms with Crippen LogP contribution in [0.4, 0.5) is 5.82 Å². The van der Waals surface area contributed by atoms with E-state index < -0.39 is 0 Å². The SMILES string of the molecule is Cc1nn(C)c(NC(CN(C)C)C(C)C)c1C(N)=S. The van der Waals surface area contributed by atoms with E-state index in [0.717, 1.165) is 23.6 Å². The second-order valence-electron chi connectivity index (χ2n) is 5.55. The highest BCUT2D eigenvalue weighted by Gasteiger charge is 2.21. The van der Waals surface area contributed by atoms with Gasteiger partial charge >= 0.3 is 0 Å². The number of likely N-dealkylation sites (N-methyl/N-ethyl adjacent to an activating group) is 1. The summed E-state index contributed by atoms with van der Waals surface area (Å²) >= 11 is 5.13. The molecule has 0 bridgehead atoms. The van der Waals surface area contributed by atoms with E-state index >= 15 is 0 Å². The van der Waals surface area contributed by atoms with Crippen LogP contribution in [0.5, 0.6) is 0 Å². The van der Waals surface area contributed by atoms with Crippen LogP contribution in [-0.2, 0) is 7.05 Å². The van der Waals surface area contributed by atoms with Crippen LogP contribution < -0.4 is 11.1 Å². The highest BCUT2D eigenvalue weighted by molar-refractivity contribution is 7.80. The van der Waals surface area contributed by atoms with E-state index in [1.807, 2.05) is 18.7 Å². The van der Waals surface area contributed by atoms with Gasteiger partial charge < -0.3 is 16.0 Å². The zero-order valence-electron chi connectivity index (χ0n) is 12.7. The Kier molecular flexibility index (Phi) is 5.31. The molecule has 1 rings (SSSR count). The van der Waals surface area contributed by atoms with Gasteiger partial charge in [-0.3, -0.25) is 4.68 Å². The molecule has 5 nitrogen and oxygen atoms in total. The zero-order valence-corrected chi connectivity index (χ0v) is 13.5. The molecule has 0 aliphatic carbocycles. The monoisotopic (exact) mass is 283 g/mol. The van der Waals surface area contributed by atoms with E-state index in [1.54, 1.807) is 0 Å². The molecule has 0 aromatic carbocycles. The van der Waals surface area contributed by atoms with Crippen LogP contribution in [0.25, 0.3) is 0 Å². The topological polar surface area (TPSA) is 59.1 Å². The van der Waals surface area contributed by atoms with Crippen LogP contribution in [-0.4, -0.2) is 46.4 Å². The predicted molar refractivity (Wildman–Crippen MR) is 84.6 cm³/mol. The molecule has 0 radical (unpaired) electrons. The molecule has 1 atom stereocenters. The maximum atomic E-state index is 5.81. The summed E-state index contributed by atoms with van der Waals surface area (Å²) < 4.78 is 1.81. The Morgan fingerprint density at radius 2 is 2.05 bits per heavy atom. The van der Waals surface area contributed by atoms with Crippen molar-refractivity contribution >= 4 is 23.0 Å². The van der Waals surface area contributed by atoms with Crippen molar-refractivity contribution in [2.24, 2.45) is 18.7 Å². The van der Waals surface area contributed by atoms with Gasteiger partial charge in [0.05, 0.1) is 11.3 Å². The first-order valence-electron chi connectivity index (χ1n) is 6.48. The lowest BCUT2D eigenvalue weighted by atomic mass is 10.0. The van der Waals surface area contributed by atoms with Gasteiger partial charge in [-0.1, -0.05) is 26.1 Å². The largest absolute Gasteiger partial charge is 0.389 e. The van der Waals surface area contributed by atoms with E-state index in [0.29, 0.717) is 16.9 Å². The van der Waals surface area contributed by atoms with Crippen molar-refractivity contribution in [3.8, 4) is 0 Å². The molecule has 0 spiro atoms. The van der Waals surface area contributed by atoms with Crippen LogP contribution in [0.1, 0.15) is 25.1 Å². The Bertz CT molecular complexity index is 450. The summed E-state index contributed by atoms with van der Waals surface area (Å²) in [5.74, 6) is 1.40. The molecule has 1 heterocycles. The van der Waals surface area contributed by atoms with Gasteiger partial charge in [-0.25, -0.2) is 0 Å². The van der Waals surface area contributed by atoms with E-state index in [1.165, 1.54) is 0 Å². The molecule has 0 aliphatic rings. The van der Waals surface area contributed by atoms with E-state index in [9.17, 15) is 0 Å². The molecule has 3 N–H and O–H groups in total. The van der Waals surface area contributed by atoms with Crippen molar-refractivity contribution in [2.75, 3.05) is 26.0 Å². The fourth-order valence-electron chi connectivity index (χ4n) is 2.11. The van der Waals surface area contributed by atoms with Gasteiger partial charge in [0.15, 0.2) is 0 Å². The number of hydrogen-bond donors (Lipinski definition) is 2. The molecule has 0 saturated heterocycles. The number of hydrogen-bond acceptors (Lipinski definition) is 4. The molecule has 1 aromatic rings. The average Bonchev–Trinajstić information content (AvgIpc) is 2.51. The summed E-state index contributed by atoms with van der Waals surface area (Å²) in [7, 11) is 6.05. The number of aromatic nitrogens is 2. The molecular weight excluding hydrogens is 258 g/mol. The molecule has 19 heavy (non-hydrogen) atoms. The van der Waals surface area contributed by atoms with Crippen LogP contribution in [0, 0.1) is 12.8 Å². The number of nitrogens with two attached hydrogens (primary N) is 1. The molecule has 0 aliphatic heterocycles. The van der Waals surface area contributed by atoms with Crippen molar-refractivity contribution < 1.29 is 0 Å². The van der Waals surface area contributed by atoms with Crippen LogP contribution in [0.2, 0.25) is 0 Å². The zero-order chi connectivity index (χ0) is 14.7. The fraction of sp³-hybridized carbons (Fsp3) is 0.692. The van der Waals surface area contributed by atoms with E-state index in [4.69, 9.17) is 18.0 Å². The van der Waals surface area contributed by atoms with Gasteiger partial charge in [-0.2, -0.15) is 5.10 Å². The predicted octanol–water partition coefficient (Wildman–Crippen LogP) is 1.36. The Hall–Kier alpha value is -1.14. The lowest BCUT2D eigenvalue weighted by molar-refractivity contribution is 0.343. The Labute approximate surface area is 121 Å². The molecule has 1 unspecified atom stereocenters. The Morgan fingerprint density at radius 3 is 2.47 bits per heavy atom. The van der Waals surface area contributed by atoms with Gasteiger partial charge in [-0.05, 0) is 26.9 Å². The highest BCUT2D eigenvalue weighted by atomic mass is 32.1. The van der Waals surface area contributed by atoms with Gasteiger partial charge in [-0.15, -0.1) is 0 Å². The lowest BCUT2D eigenvalue weighted by Gasteiger charge is -2.27. The number of nitrogens with zero attached hydrogens (tertiary/aromatic N) is 3. The second kappa shape index (κ2) is 6.34. The first kappa shape index (κ1) is 15.9. The number of anilines is 1. The molecule has 1 aromatic heterocycles. The van der Waals surface area contributed by atoms with Gasteiger partial charge in [0.2, 0.25) is 0 Å². The third kappa shape index (κ3) is 3.91. The number of rotatable bonds is 6. The smallest absolute Gasteiger partial charge is 0.134 e. The van der Waals surface area contributed by atoms with Gasteiger partial charge in [0.25, 0.3) is 0 Å². The van der Waals surface area contributed by atoms with E-state index in [-0.39, 0.29) is 0 Å². The molecule has 0 fully saturated rings. The Morgan fingerprint density at radius 1 is 1.47 bits per heavy atom. The van der Waals surface area contributed by atoms with Crippen molar-refractivity contribution in [1.29, 1.82) is 0 Å². The quantitative estimate of drug-likeness (QED) is 0.772. The van der Waals surface area contributed by atoms with E-state index in [2.05, 4.69) is 43.3 Å². The van der Waals surface area contributed by atoms with Crippen LogP contribution in [0.3, 0.4) is 0 Å². The normalized spacial score (nSPS) is 13.1. The third-order valence-corrected chi connectivity index (χ3v) is 3.36. The fourth-order valence-corrected chi connectivity index (χ4v) is 2.36. The summed E-state index contributed by atoms with van der Waals surface area (Å²) in [4.78, 5) is 2.56. The summed E-state index contributed by atoms with van der Waals surface area (Å²) in [5.41, 5.74) is 7.52. The van der Waals surface area contributed by atoms with Crippen LogP contribution >= 0.6 is 12.2 Å². The first-order valence-corrected chi connectivity index (χ1v) is 6.89. The molecule has 0 amide bonds. The minimum Gasteiger partial charge on any atom is -0.389 e. The van der Waals surface area contributed by atoms with Gasteiger partial charge in [0.1, 0.15) is 10.8 Å². The number of thiocarbonyl (C=S) groups is 1. The molecule has 0 saturated carbocycles. The summed E-state index contributed by atoms with van der Waals surface area (Å²) in [6, 6.07) is 0.317. The highest BCUT2D eigenvalue weighted by Crippen LogP contribution is 2.21. The van der Waals surface area contributed by atoms with Crippen molar-refractivity contribution in [1.82, 2.24) is 14.7 Å².